The van der Waals surface area contributed by atoms with Crippen LogP contribution in [0.2, 0.25) is 0 Å². The predicted molar refractivity (Wildman–Crippen MR) is 82.4 cm³/mol. The number of aryl methyl sites for hydroxylation is 2. The monoisotopic (exact) mass is 290 g/mol. The summed E-state index contributed by atoms with van der Waals surface area (Å²) in [6.07, 6.45) is 0. The average Bonchev–Trinajstić information content (AvgIpc) is 2.37. The van der Waals surface area contributed by atoms with E-state index < -0.39 is 10.0 Å². The van der Waals surface area contributed by atoms with Gasteiger partial charge >= 0.3 is 0 Å². The maximum absolute atomic E-state index is 12.6. The van der Waals surface area contributed by atoms with Crippen LogP contribution in [0.3, 0.4) is 0 Å². The van der Waals surface area contributed by atoms with Gasteiger partial charge in [-0.1, -0.05) is 18.2 Å². The zero-order valence-corrected chi connectivity index (χ0v) is 12.6. The standard InChI is InChI=1S/C15H18N2O2S/c1-11-5-4-6-13(9-11)17(3)20(18,19)15-8-7-12(2)10-14(15)16/h4-10H,16H2,1-3H3. The van der Waals surface area contributed by atoms with E-state index in [1.165, 1.54) is 11.4 Å². The first-order chi connectivity index (χ1) is 9.32. The van der Waals surface area contributed by atoms with Crippen LogP contribution in [0.1, 0.15) is 11.1 Å². The third-order valence-corrected chi connectivity index (χ3v) is 5.03. The Morgan fingerprint density at radius 2 is 1.65 bits per heavy atom. The maximum Gasteiger partial charge on any atom is 0.266 e. The zero-order valence-electron chi connectivity index (χ0n) is 11.8. The number of nitrogen functional groups attached to an aromatic ring is 1. The second kappa shape index (κ2) is 5.17. The van der Waals surface area contributed by atoms with E-state index in [4.69, 9.17) is 5.73 Å². The number of sulfonamides is 1. The van der Waals surface area contributed by atoms with Crippen LogP contribution in [0, 0.1) is 13.8 Å². The minimum atomic E-state index is -3.65. The molecule has 2 rings (SSSR count). The van der Waals surface area contributed by atoms with Crippen molar-refractivity contribution in [3.05, 3.63) is 53.6 Å². The molecule has 0 amide bonds. The van der Waals surface area contributed by atoms with Crippen molar-refractivity contribution in [2.75, 3.05) is 17.1 Å². The molecule has 20 heavy (non-hydrogen) atoms. The summed E-state index contributed by atoms with van der Waals surface area (Å²) < 4.78 is 26.5. The third kappa shape index (κ3) is 2.63. The number of hydrogen-bond acceptors (Lipinski definition) is 3. The Kier molecular flexibility index (Phi) is 3.72. The number of hydrogen-bond donors (Lipinski definition) is 1. The van der Waals surface area contributed by atoms with Crippen LogP contribution < -0.4 is 10.0 Å². The third-order valence-electron chi connectivity index (χ3n) is 3.17. The highest BCUT2D eigenvalue weighted by Gasteiger charge is 2.23. The Morgan fingerprint density at radius 1 is 1.00 bits per heavy atom. The molecule has 0 saturated heterocycles. The van der Waals surface area contributed by atoms with Crippen LogP contribution in [0.25, 0.3) is 0 Å². The summed E-state index contributed by atoms with van der Waals surface area (Å²) >= 11 is 0. The van der Waals surface area contributed by atoms with E-state index in [0.29, 0.717) is 5.69 Å². The number of anilines is 2. The Hall–Kier alpha value is -2.01. The molecule has 106 valence electrons. The molecule has 5 heteroatoms. The van der Waals surface area contributed by atoms with Crippen molar-refractivity contribution in [3.8, 4) is 0 Å². The van der Waals surface area contributed by atoms with Crippen molar-refractivity contribution in [2.24, 2.45) is 0 Å². The van der Waals surface area contributed by atoms with Gasteiger partial charge in [0.15, 0.2) is 0 Å². The molecule has 0 aliphatic rings. The van der Waals surface area contributed by atoms with Crippen LogP contribution >= 0.6 is 0 Å². The van der Waals surface area contributed by atoms with Gasteiger partial charge in [-0.15, -0.1) is 0 Å². The van der Waals surface area contributed by atoms with Gasteiger partial charge in [-0.3, -0.25) is 4.31 Å². The average molecular weight is 290 g/mol. The summed E-state index contributed by atoms with van der Waals surface area (Å²) in [6.45, 7) is 3.79. The summed E-state index contributed by atoms with van der Waals surface area (Å²) in [5.74, 6) is 0. The van der Waals surface area contributed by atoms with E-state index in [0.717, 1.165) is 11.1 Å². The van der Waals surface area contributed by atoms with Gasteiger partial charge in [0.1, 0.15) is 4.90 Å². The first-order valence-electron chi connectivity index (χ1n) is 6.24. The summed E-state index contributed by atoms with van der Waals surface area (Å²) in [6, 6.07) is 12.3. The van der Waals surface area contributed by atoms with Crippen LogP contribution in [0.4, 0.5) is 11.4 Å². The fourth-order valence-corrected chi connectivity index (χ4v) is 3.30. The fourth-order valence-electron chi connectivity index (χ4n) is 2.01. The lowest BCUT2D eigenvalue weighted by molar-refractivity contribution is 0.595. The molecule has 0 aliphatic heterocycles. The molecule has 0 radical (unpaired) electrons. The Balaban J connectivity index is 2.49. The van der Waals surface area contributed by atoms with E-state index in [2.05, 4.69) is 0 Å². The molecule has 2 aromatic rings. The number of benzene rings is 2. The van der Waals surface area contributed by atoms with Crippen molar-refractivity contribution in [1.29, 1.82) is 0 Å². The minimum absolute atomic E-state index is 0.132. The first-order valence-corrected chi connectivity index (χ1v) is 7.68. The molecule has 0 heterocycles. The van der Waals surface area contributed by atoms with Crippen molar-refractivity contribution < 1.29 is 8.42 Å². The van der Waals surface area contributed by atoms with Gasteiger partial charge in [-0.25, -0.2) is 8.42 Å². The van der Waals surface area contributed by atoms with Crippen molar-refractivity contribution in [1.82, 2.24) is 0 Å². The van der Waals surface area contributed by atoms with Crippen molar-refractivity contribution in [2.45, 2.75) is 18.7 Å². The lowest BCUT2D eigenvalue weighted by Gasteiger charge is -2.21. The second-order valence-corrected chi connectivity index (χ2v) is 6.79. The van der Waals surface area contributed by atoms with Gasteiger partial charge in [0, 0.05) is 7.05 Å². The zero-order chi connectivity index (χ0) is 14.9. The van der Waals surface area contributed by atoms with E-state index >= 15 is 0 Å². The molecule has 0 aliphatic carbocycles. The topological polar surface area (TPSA) is 63.4 Å². The van der Waals surface area contributed by atoms with Crippen LogP contribution in [-0.4, -0.2) is 15.5 Å². The van der Waals surface area contributed by atoms with Gasteiger partial charge in [0.25, 0.3) is 10.0 Å². The molecular formula is C15H18N2O2S. The molecule has 0 spiro atoms. The molecule has 0 atom stereocenters. The SMILES string of the molecule is Cc1cccc(N(C)S(=O)(=O)c2ccc(C)cc2N)c1. The lowest BCUT2D eigenvalue weighted by Crippen LogP contribution is -2.27. The summed E-state index contributed by atoms with van der Waals surface area (Å²) in [4.78, 5) is 0.132. The molecule has 0 fully saturated rings. The normalized spacial score (nSPS) is 11.3. The van der Waals surface area contributed by atoms with E-state index in [-0.39, 0.29) is 10.6 Å². The highest BCUT2D eigenvalue weighted by atomic mass is 32.2. The van der Waals surface area contributed by atoms with Gasteiger partial charge in [-0.2, -0.15) is 0 Å². The number of nitrogens with zero attached hydrogens (tertiary/aromatic N) is 1. The quantitative estimate of drug-likeness (QED) is 0.884. The summed E-state index contributed by atoms with van der Waals surface area (Å²) in [5, 5.41) is 0. The molecule has 0 aromatic heterocycles. The summed E-state index contributed by atoms with van der Waals surface area (Å²) in [5.41, 5.74) is 8.66. The van der Waals surface area contributed by atoms with Gasteiger partial charge in [0.05, 0.1) is 11.4 Å². The highest BCUT2D eigenvalue weighted by molar-refractivity contribution is 7.93. The van der Waals surface area contributed by atoms with Gasteiger partial charge in [-0.05, 0) is 49.2 Å². The number of nitrogens with two attached hydrogens (primary N) is 1. The minimum Gasteiger partial charge on any atom is -0.398 e. The van der Waals surface area contributed by atoms with Crippen molar-refractivity contribution in [3.63, 3.8) is 0 Å². The molecule has 2 N–H and O–H groups in total. The second-order valence-electron chi connectivity index (χ2n) is 4.85. The Labute approximate surface area is 119 Å². The van der Waals surface area contributed by atoms with Crippen LogP contribution in [-0.2, 0) is 10.0 Å². The lowest BCUT2D eigenvalue weighted by atomic mass is 10.2. The molecule has 4 nitrogen and oxygen atoms in total. The van der Waals surface area contributed by atoms with E-state index in [1.807, 2.05) is 32.0 Å². The van der Waals surface area contributed by atoms with E-state index in [9.17, 15) is 8.42 Å². The maximum atomic E-state index is 12.6. The predicted octanol–water partition coefficient (Wildman–Crippen LogP) is 2.71. The Morgan fingerprint density at radius 3 is 2.25 bits per heavy atom. The van der Waals surface area contributed by atoms with Crippen LogP contribution in [0.15, 0.2) is 47.4 Å². The molecule has 0 unspecified atom stereocenters. The number of rotatable bonds is 3. The first kappa shape index (κ1) is 14.4. The van der Waals surface area contributed by atoms with E-state index in [1.54, 1.807) is 24.3 Å². The molecule has 0 saturated carbocycles. The fraction of sp³-hybridized carbons (Fsp3) is 0.200. The smallest absolute Gasteiger partial charge is 0.266 e. The molecule has 0 bridgehead atoms. The summed E-state index contributed by atoms with van der Waals surface area (Å²) in [7, 11) is -2.12. The van der Waals surface area contributed by atoms with Gasteiger partial charge in [0.2, 0.25) is 0 Å². The largest absolute Gasteiger partial charge is 0.398 e. The van der Waals surface area contributed by atoms with Gasteiger partial charge < -0.3 is 5.73 Å². The highest BCUT2D eigenvalue weighted by Crippen LogP contribution is 2.26. The molecular weight excluding hydrogens is 272 g/mol. The molecule has 2 aromatic carbocycles. The Bertz CT molecular complexity index is 739. The van der Waals surface area contributed by atoms with Crippen LogP contribution in [0.5, 0.6) is 0 Å². The van der Waals surface area contributed by atoms with Crippen molar-refractivity contribution >= 4 is 21.4 Å².